The number of hydrogen-bond donors (Lipinski definition) is 3. The van der Waals surface area contributed by atoms with Gasteiger partial charge in [0.1, 0.15) is 24.1 Å². The Hall–Kier alpha value is -2.63. The zero-order chi connectivity index (χ0) is 19.8. The van der Waals surface area contributed by atoms with Gasteiger partial charge in [-0.25, -0.2) is 4.79 Å². The van der Waals surface area contributed by atoms with Crippen molar-refractivity contribution in [2.24, 2.45) is 0 Å². The summed E-state index contributed by atoms with van der Waals surface area (Å²) in [5.41, 5.74) is 2.04. The molecule has 11 heteroatoms. The summed E-state index contributed by atoms with van der Waals surface area (Å²) in [6, 6.07) is 1.26. The standard InChI is InChI=1S/C15H19N3O8/c1-6(19)15(7(2)20,26-8(3)21)12-10(22)11(23)13(25-12)18-5-4-9(16)17-14(18)24/h4-5,10-13,22-23H,1-3H3,(H2,16,17,24)/t10-,11+,12-,13+/m0/s1. The Labute approximate surface area is 147 Å². The molecule has 1 aromatic heterocycles. The number of nitrogens with two attached hydrogens (primary N) is 1. The van der Waals surface area contributed by atoms with Crippen LogP contribution in [-0.4, -0.2) is 61.2 Å². The summed E-state index contributed by atoms with van der Waals surface area (Å²) in [6.07, 6.45) is -5.56. The van der Waals surface area contributed by atoms with Crippen molar-refractivity contribution in [3.8, 4) is 0 Å². The fraction of sp³-hybridized carbons (Fsp3) is 0.533. The smallest absolute Gasteiger partial charge is 0.351 e. The molecule has 0 bridgehead atoms. The van der Waals surface area contributed by atoms with Gasteiger partial charge in [-0.15, -0.1) is 0 Å². The summed E-state index contributed by atoms with van der Waals surface area (Å²) in [4.78, 5) is 51.2. The van der Waals surface area contributed by atoms with Crippen LogP contribution in [0.5, 0.6) is 0 Å². The normalized spacial score (nSPS) is 25.7. The average Bonchev–Trinajstić information content (AvgIpc) is 2.80. The topological polar surface area (TPSA) is 171 Å². The summed E-state index contributed by atoms with van der Waals surface area (Å²) < 4.78 is 11.2. The second kappa shape index (κ2) is 6.94. The minimum atomic E-state index is -2.47. The number of anilines is 1. The summed E-state index contributed by atoms with van der Waals surface area (Å²) in [5, 5.41) is 20.6. The van der Waals surface area contributed by atoms with Crippen molar-refractivity contribution < 1.29 is 34.1 Å². The van der Waals surface area contributed by atoms with Gasteiger partial charge in [-0.2, -0.15) is 4.98 Å². The SMILES string of the molecule is CC(=O)OC(C(C)=O)(C(C)=O)[C@H]1O[C@@H](n2ccc(N)nc2=O)[C@H](O)[C@@H]1O. The van der Waals surface area contributed by atoms with E-state index in [0.29, 0.717) is 0 Å². The van der Waals surface area contributed by atoms with Gasteiger partial charge in [0, 0.05) is 13.1 Å². The lowest BCUT2D eigenvalue weighted by Crippen LogP contribution is -2.60. The van der Waals surface area contributed by atoms with Crippen LogP contribution in [0.15, 0.2) is 17.1 Å². The number of esters is 1. The van der Waals surface area contributed by atoms with Crippen LogP contribution in [0.2, 0.25) is 0 Å². The monoisotopic (exact) mass is 369 g/mol. The van der Waals surface area contributed by atoms with Crippen molar-refractivity contribution in [2.75, 3.05) is 5.73 Å². The number of ether oxygens (including phenoxy) is 2. The lowest BCUT2D eigenvalue weighted by atomic mass is 9.84. The van der Waals surface area contributed by atoms with Crippen LogP contribution >= 0.6 is 0 Å². The molecule has 0 aromatic carbocycles. The molecule has 4 atom stereocenters. The molecule has 1 aliphatic heterocycles. The van der Waals surface area contributed by atoms with E-state index in [1.54, 1.807) is 0 Å². The van der Waals surface area contributed by atoms with Crippen molar-refractivity contribution >= 4 is 23.4 Å². The molecular weight excluding hydrogens is 350 g/mol. The largest absolute Gasteiger partial charge is 0.440 e. The highest BCUT2D eigenvalue weighted by atomic mass is 16.6. The van der Waals surface area contributed by atoms with E-state index in [1.165, 1.54) is 12.3 Å². The maximum atomic E-state index is 12.2. The molecule has 142 valence electrons. The van der Waals surface area contributed by atoms with Crippen LogP contribution in [0.3, 0.4) is 0 Å². The van der Waals surface area contributed by atoms with E-state index < -0.39 is 53.4 Å². The minimum absolute atomic E-state index is 0.0717. The molecule has 2 heterocycles. The third-order valence-electron chi connectivity index (χ3n) is 4.12. The van der Waals surface area contributed by atoms with Crippen molar-refractivity contribution in [3.63, 3.8) is 0 Å². The van der Waals surface area contributed by atoms with Crippen LogP contribution < -0.4 is 11.4 Å². The highest BCUT2D eigenvalue weighted by Crippen LogP contribution is 2.37. The number of hydrogen-bond acceptors (Lipinski definition) is 10. The molecule has 0 saturated carbocycles. The molecule has 0 unspecified atom stereocenters. The molecule has 0 spiro atoms. The number of carbonyl (C=O) groups excluding carboxylic acids is 3. The molecule has 11 nitrogen and oxygen atoms in total. The van der Waals surface area contributed by atoms with Crippen LogP contribution in [0.4, 0.5) is 5.82 Å². The summed E-state index contributed by atoms with van der Waals surface area (Å²) in [5.74, 6) is -2.84. The van der Waals surface area contributed by atoms with E-state index in [2.05, 4.69) is 4.98 Å². The van der Waals surface area contributed by atoms with E-state index in [-0.39, 0.29) is 5.82 Å². The number of nitrogen functional groups attached to an aromatic ring is 1. The maximum Gasteiger partial charge on any atom is 0.351 e. The van der Waals surface area contributed by atoms with Gasteiger partial charge >= 0.3 is 11.7 Å². The molecule has 26 heavy (non-hydrogen) atoms. The van der Waals surface area contributed by atoms with Gasteiger partial charge in [-0.3, -0.25) is 19.0 Å². The van der Waals surface area contributed by atoms with Crippen molar-refractivity contribution in [1.82, 2.24) is 9.55 Å². The fourth-order valence-corrected chi connectivity index (χ4v) is 2.92. The molecule has 1 fully saturated rings. The van der Waals surface area contributed by atoms with E-state index in [4.69, 9.17) is 15.2 Å². The van der Waals surface area contributed by atoms with E-state index in [1.807, 2.05) is 0 Å². The zero-order valence-corrected chi connectivity index (χ0v) is 14.3. The van der Waals surface area contributed by atoms with Crippen LogP contribution in [0.1, 0.15) is 27.0 Å². The van der Waals surface area contributed by atoms with Crippen molar-refractivity contribution in [1.29, 1.82) is 0 Å². The Morgan fingerprint density at radius 2 is 1.81 bits per heavy atom. The Balaban J connectivity index is 2.52. The molecule has 1 aliphatic rings. The predicted octanol–water partition coefficient (Wildman–Crippen LogP) is -2.08. The first-order chi connectivity index (χ1) is 12.0. The number of aliphatic hydroxyl groups excluding tert-OH is 2. The predicted molar refractivity (Wildman–Crippen MR) is 84.7 cm³/mol. The highest BCUT2D eigenvalue weighted by Gasteiger charge is 2.61. The molecule has 1 aromatic rings. The molecule has 4 N–H and O–H groups in total. The second-order valence-corrected chi connectivity index (χ2v) is 5.91. The fourth-order valence-electron chi connectivity index (χ4n) is 2.92. The van der Waals surface area contributed by atoms with Crippen molar-refractivity contribution in [3.05, 3.63) is 22.7 Å². The Kier molecular flexibility index (Phi) is 5.26. The van der Waals surface area contributed by atoms with Gasteiger partial charge in [0.05, 0.1) is 0 Å². The minimum Gasteiger partial charge on any atom is -0.440 e. The van der Waals surface area contributed by atoms with E-state index >= 15 is 0 Å². The van der Waals surface area contributed by atoms with Gasteiger partial charge in [0.25, 0.3) is 5.60 Å². The number of carbonyl (C=O) groups is 3. The first kappa shape index (κ1) is 19.7. The van der Waals surface area contributed by atoms with E-state index in [9.17, 15) is 29.4 Å². The van der Waals surface area contributed by atoms with E-state index in [0.717, 1.165) is 25.3 Å². The summed E-state index contributed by atoms with van der Waals surface area (Å²) in [7, 11) is 0. The third-order valence-corrected chi connectivity index (χ3v) is 4.12. The van der Waals surface area contributed by atoms with Crippen LogP contribution in [0.25, 0.3) is 0 Å². The number of ketones is 2. The lowest BCUT2D eigenvalue weighted by Gasteiger charge is -2.34. The first-order valence-corrected chi connectivity index (χ1v) is 7.60. The van der Waals surface area contributed by atoms with Crippen molar-refractivity contribution in [2.45, 2.75) is 50.9 Å². The Morgan fingerprint density at radius 3 is 2.27 bits per heavy atom. The summed E-state index contributed by atoms with van der Waals surface area (Å²) in [6.45, 7) is 2.94. The molecule has 1 saturated heterocycles. The van der Waals surface area contributed by atoms with Gasteiger partial charge in [0.2, 0.25) is 0 Å². The van der Waals surface area contributed by atoms with Crippen LogP contribution in [-0.2, 0) is 23.9 Å². The maximum absolute atomic E-state index is 12.2. The quantitative estimate of drug-likeness (QED) is 0.386. The molecular formula is C15H19N3O8. The number of nitrogens with zero attached hydrogens (tertiary/aromatic N) is 2. The highest BCUT2D eigenvalue weighted by molar-refractivity contribution is 6.10. The lowest BCUT2D eigenvalue weighted by molar-refractivity contribution is -0.193. The third kappa shape index (κ3) is 3.11. The zero-order valence-electron chi connectivity index (χ0n) is 14.3. The Bertz CT molecular complexity index is 790. The molecule has 0 amide bonds. The number of rotatable bonds is 5. The van der Waals surface area contributed by atoms with Gasteiger partial charge < -0.3 is 25.4 Å². The van der Waals surface area contributed by atoms with Gasteiger partial charge in [0.15, 0.2) is 17.8 Å². The van der Waals surface area contributed by atoms with Crippen LogP contribution in [0, 0.1) is 0 Å². The number of Topliss-reactive ketones (excluding diaryl/α,β-unsaturated/α-hetero) is 2. The first-order valence-electron chi connectivity index (χ1n) is 7.60. The molecule has 2 rings (SSSR count). The number of aromatic nitrogens is 2. The van der Waals surface area contributed by atoms with Gasteiger partial charge in [-0.1, -0.05) is 0 Å². The summed E-state index contributed by atoms with van der Waals surface area (Å²) >= 11 is 0. The second-order valence-electron chi connectivity index (χ2n) is 5.91. The average molecular weight is 369 g/mol. The molecule has 0 radical (unpaired) electrons. The number of aliphatic hydroxyl groups is 2. The molecule has 0 aliphatic carbocycles. The van der Waals surface area contributed by atoms with Gasteiger partial charge in [-0.05, 0) is 19.9 Å². The Morgan fingerprint density at radius 1 is 1.23 bits per heavy atom.